The van der Waals surface area contributed by atoms with Gasteiger partial charge in [-0.2, -0.15) is 0 Å². The van der Waals surface area contributed by atoms with E-state index >= 15 is 0 Å². The Morgan fingerprint density at radius 2 is 2.00 bits per heavy atom. The molecule has 0 bridgehead atoms. The molecule has 1 aromatic carbocycles. The maximum Gasteiger partial charge on any atom is 0.0406 e. The summed E-state index contributed by atoms with van der Waals surface area (Å²) in [7, 11) is 0. The summed E-state index contributed by atoms with van der Waals surface area (Å²) in [5, 5.41) is 4.20. The van der Waals surface area contributed by atoms with Crippen molar-refractivity contribution in [3.8, 4) is 0 Å². The van der Waals surface area contributed by atoms with Gasteiger partial charge < -0.3 is 5.32 Å². The number of hydrogen-bond acceptors (Lipinski definition) is 1. The van der Waals surface area contributed by atoms with Crippen LogP contribution >= 0.6 is 11.6 Å². The Balaban J connectivity index is 2.18. The molecule has 2 heteroatoms. The molecule has 1 N–H and O–H groups in total. The van der Waals surface area contributed by atoms with Crippen molar-refractivity contribution in [2.75, 3.05) is 6.54 Å². The smallest absolute Gasteiger partial charge is 0.0406 e. The topological polar surface area (TPSA) is 12.0 Å². The fourth-order valence-electron chi connectivity index (χ4n) is 1.59. The van der Waals surface area contributed by atoms with Crippen LogP contribution in [0.2, 0.25) is 5.02 Å². The molecule has 1 aliphatic heterocycles. The third kappa shape index (κ3) is 1.35. The van der Waals surface area contributed by atoms with Crippen molar-refractivity contribution in [3.05, 3.63) is 34.9 Å². The number of hydrogen-bond donors (Lipinski definition) is 1. The second-order valence-electron chi connectivity index (χ2n) is 3.41. The second kappa shape index (κ2) is 3.08. The summed E-state index contributed by atoms with van der Waals surface area (Å²) in [6, 6.07) is 8.63. The quantitative estimate of drug-likeness (QED) is 0.703. The molecule has 0 radical (unpaired) electrons. The predicted octanol–water partition coefficient (Wildman–Crippen LogP) is 2.62. The van der Waals surface area contributed by atoms with E-state index in [0.717, 1.165) is 17.5 Å². The average molecular weight is 182 g/mol. The summed E-state index contributed by atoms with van der Waals surface area (Å²) in [4.78, 5) is 0. The Bertz CT molecular complexity index is 268. The molecule has 1 fully saturated rings. The molecule has 0 saturated carbocycles. The molecule has 0 aliphatic carbocycles. The first kappa shape index (κ1) is 8.09. The molecule has 1 aliphatic rings. The molecule has 2 unspecified atom stereocenters. The van der Waals surface area contributed by atoms with Crippen LogP contribution in [-0.2, 0) is 0 Å². The normalized spacial score (nSPS) is 28.2. The Morgan fingerprint density at radius 3 is 2.42 bits per heavy atom. The highest BCUT2D eigenvalue weighted by Gasteiger charge is 2.26. The summed E-state index contributed by atoms with van der Waals surface area (Å²) in [5.41, 5.74) is 1.35. The van der Waals surface area contributed by atoms with Crippen molar-refractivity contribution in [2.45, 2.75) is 13.0 Å². The molecule has 1 nitrogen and oxygen atoms in total. The van der Waals surface area contributed by atoms with Gasteiger partial charge in [-0.1, -0.05) is 30.7 Å². The van der Waals surface area contributed by atoms with Gasteiger partial charge in [0.05, 0.1) is 0 Å². The van der Waals surface area contributed by atoms with Gasteiger partial charge in [0.1, 0.15) is 0 Å². The van der Waals surface area contributed by atoms with E-state index in [1.807, 2.05) is 12.1 Å². The van der Waals surface area contributed by atoms with Crippen LogP contribution in [0.3, 0.4) is 0 Å². The Hall–Kier alpha value is -0.530. The highest BCUT2D eigenvalue weighted by molar-refractivity contribution is 6.30. The average Bonchev–Trinajstić information content (AvgIpc) is 2.06. The van der Waals surface area contributed by atoms with Crippen molar-refractivity contribution < 1.29 is 0 Å². The van der Waals surface area contributed by atoms with Gasteiger partial charge in [-0.3, -0.25) is 0 Å². The molecule has 1 saturated heterocycles. The highest BCUT2D eigenvalue weighted by atomic mass is 35.5. The maximum absolute atomic E-state index is 5.79. The van der Waals surface area contributed by atoms with Gasteiger partial charge in [0.15, 0.2) is 0 Å². The van der Waals surface area contributed by atoms with Gasteiger partial charge in [0.25, 0.3) is 0 Å². The van der Waals surface area contributed by atoms with Gasteiger partial charge in [-0.15, -0.1) is 0 Å². The fourth-order valence-corrected chi connectivity index (χ4v) is 1.71. The van der Waals surface area contributed by atoms with Crippen molar-refractivity contribution in [1.29, 1.82) is 0 Å². The lowest BCUT2D eigenvalue weighted by atomic mass is 9.88. The Kier molecular flexibility index (Phi) is 2.07. The van der Waals surface area contributed by atoms with E-state index in [1.165, 1.54) is 5.56 Å². The molecule has 0 spiro atoms. The van der Waals surface area contributed by atoms with E-state index in [9.17, 15) is 0 Å². The number of nitrogens with one attached hydrogen (secondary N) is 1. The van der Waals surface area contributed by atoms with E-state index in [-0.39, 0.29) is 0 Å². The standard InChI is InChI=1S/C10H12ClN/c1-7-6-12-10(7)8-2-4-9(11)5-3-8/h2-5,7,10,12H,6H2,1H3. The SMILES string of the molecule is CC1CNC1c1ccc(Cl)cc1. The first-order valence-corrected chi connectivity index (χ1v) is 4.64. The zero-order chi connectivity index (χ0) is 8.55. The minimum atomic E-state index is 0.544. The molecule has 0 aromatic heterocycles. The van der Waals surface area contributed by atoms with Crippen LogP contribution in [0.4, 0.5) is 0 Å². The number of benzene rings is 1. The predicted molar refractivity (Wildman–Crippen MR) is 51.4 cm³/mol. The molecule has 12 heavy (non-hydrogen) atoms. The van der Waals surface area contributed by atoms with Crippen LogP contribution in [0.25, 0.3) is 0 Å². The summed E-state index contributed by atoms with van der Waals surface area (Å²) >= 11 is 5.79. The van der Waals surface area contributed by atoms with E-state index in [2.05, 4.69) is 24.4 Å². The van der Waals surface area contributed by atoms with Gasteiger partial charge in [0.2, 0.25) is 0 Å². The van der Waals surface area contributed by atoms with Gasteiger partial charge >= 0.3 is 0 Å². The van der Waals surface area contributed by atoms with Gasteiger partial charge in [-0.05, 0) is 23.6 Å². The monoisotopic (exact) mass is 181 g/mol. The zero-order valence-electron chi connectivity index (χ0n) is 7.05. The number of rotatable bonds is 1. The van der Waals surface area contributed by atoms with Crippen LogP contribution in [0.5, 0.6) is 0 Å². The molecule has 2 rings (SSSR count). The lowest BCUT2D eigenvalue weighted by Crippen LogP contribution is -2.43. The van der Waals surface area contributed by atoms with Crippen LogP contribution in [0, 0.1) is 5.92 Å². The van der Waals surface area contributed by atoms with Crippen LogP contribution < -0.4 is 5.32 Å². The largest absolute Gasteiger partial charge is 0.309 e. The summed E-state index contributed by atoms with van der Waals surface area (Å²) < 4.78 is 0. The van der Waals surface area contributed by atoms with E-state index < -0.39 is 0 Å². The first-order valence-electron chi connectivity index (χ1n) is 4.26. The van der Waals surface area contributed by atoms with Crippen LogP contribution in [-0.4, -0.2) is 6.54 Å². The maximum atomic E-state index is 5.79. The van der Waals surface area contributed by atoms with Gasteiger partial charge in [0, 0.05) is 17.6 Å². The summed E-state index contributed by atoms with van der Waals surface area (Å²) in [6.45, 7) is 3.39. The molecular weight excluding hydrogens is 170 g/mol. The van der Waals surface area contributed by atoms with Crippen LogP contribution in [0.15, 0.2) is 24.3 Å². The van der Waals surface area contributed by atoms with Gasteiger partial charge in [-0.25, -0.2) is 0 Å². The summed E-state index contributed by atoms with van der Waals surface area (Å²) in [6.07, 6.45) is 0. The van der Waals surface area contributed by atoms with Crippen molar-refractivity contribution in [1.82, 2.24) is 5.32 Å². The number of halogens is 1. The molecule has 1 aromatic rings. The highest BCUT2D eigenvalue weighted by Crippen LogP contribution is 2.29. The molecule has 64 valence electrons. The van der Waals surface area contributed by atoms with Crippen molar-refractivity contribution >= 4 is 11.6 Å². The minimum absolute atomic E-state index is 0.544. The molecule has 2 atom stereocenters. The molecular formula is C10H12ClN. The molecule has 0 amide bonds. The third-order valence-electron chi connectivity index (χ3n) is 2.46. The van der Waals surface area contributed by atoms with E-state index in [0.29, 0.717) is 6.04 Å². The molecule has 1 heterocycles. The van der Waals surface area contributed by atoms with Crippen molar-refractivity contribution in [3.63, 3.8) is 0 Å². The zero-order valence-corrected chi connectivity index (χ0v) is 7.81. The van der Waals surface area contributed by atoms with E-state index in [4.69, 9.17) is 11.6 Å². The van der Waals surface area contributed by atoms with E-state index in [1.54, 1.807) is 0 Å². The second-order valence-corrected chi connectivity index (χ2v) is 3.85. The Labute approximate surface area is 77.7 Å². The lowest BCUT2D eigenvalue weighted by molar-refractivity contribution is 0.258. The van der Waals surface area contributed by atoms with Crippen LogP contribution in [0.1, 0.15) is 18.5 Å². The van der Waals surface area contributed by atoms with Crippen molar-refractivity contribution in [2.24, 2.45) is 5.92 Å². The lowest BCUT2D eigenvalue weighted by Gasteiger charge is -2.35. The third-order valence-corrected chi connectivity index (χ3v) is 2.71. The first-order chi connectivity index (χ1) is 5.77. The summed E-state index contributed by atoms with van der Waals surface area (Å²) in [5.74, 6) is 0.756. The minimum Gasteiger partial charge on any atom is -0.309 e. The fraction of sp³-hybridized carbons (Fsp3) is 0.400. The Morgan fingerprint density at radius 1 is 1.33 bits per heavy atom.